The van der Waals surface area contributed by atoms with Crippen molar-refractivity contribution in [3.63, 3.8) is 0 Å². The van der Waals surface area contributed by atoms with Gasteiger partial charge in [0.15, 0.2) is 0 Å². The van der Waals surface area contributed by atoms with Crippen LogP contribution in [0, 0.1) is 0 Å². The first-order valence-electron chi connectivity index (χ1n) is 9.85. The smallest absolute Gasteiger partial charge is 0.275 e. The molecule has 0 saturated carbocycles. The molecule has 3 aromatic rings. The summed E-state index contributed by atoms with van der Waals surface area (Å²) in [5.41, 5.74) is 4.29. The number of aromatic nitrogens is 3. The molecule has 0 aliphatic carbocycles. The van der Waals surface area contributed by atoms with E-state index in [-0.39, 0.29) is 11.6 Å². The summed E-state index contributed by atoms with van der Waals surface area (Å²) < 4.78 is 0. The van der Waals surface area contributed by atoms with Gasteiger partial charge in [-0.05, 0) is 35.1 Å². The van der Waals surface area contributed by atoms with Crippen molar-refractivity contribution < 1.29 is 4.79 Å². The Labute approximate surface area is 171 Å². The molecule has 0 radical (unpaired) electrons. The number of hydrogen-bond donors (Lipinski definition) is 2. The highest BCUT2D eigenvalue weighted by atomic mass is 16.1. The molecular formula is C23H27N5O. The molecule has 1 amide bonds. The Bertz CT molecular complexity index is 927. The molecule has 6 nitrogen and oxygen atoms in total. The van der Waals surface area contributed by atoms with Gasteiger partial charge in [-0.25, -0.2) is 9.97 Å². The summed E-state index contributed by atoms with van der Waals surface area (Å²) in [7, 11) is 0. The highest BCUT2D eigenvalue weighted by molar-refractivity contribution is 6.03. The number of rotatable bonds is 7. The van der Waals surface area contributed by atoms with E-state index in [0.29, 0.717) is 24.2 Å². The topological polar surface area (TPSA) is 79.8 Å². The highest BCUT2D eigenvalue weighted by Crippen LogP contribution is 2.32. The van der Waals surface area contributed by atoms with E-state index in [1.807, 2.05) is 24.3 Å². The van der Waals surface area contributed by atoms with E-state index in [1.165, 1.54) is 6.20 Å². The normalized spacial score (nSPS) is 11.0. The van der Waals surface area contributed by atoms with Crippen LogP contribution < -0.4 is 10.6 Å². The van der Waals surface area contributed by atoms with Crippen LogP contribution >= 0.6 is 0 Å². The van der Waals surface area contributed by atoms with Crippen LogP contribution in [0.5, 0.6) is 0 Å². The first-order chi connectivity index (χ1) is 14.0. The average molecular weight is 390 g/mol. The number of benzene rings is 1. The van der Waals surface area contributed by atoms with Gasteiger partial charge in [-0.15, -0.1) is 0 Å². The fraction of sp³-hybridized carbons (Fsp3) is 0.304. The lowest BCUT2D eigenvalue weighted by molar-refractivity contribution is 0.102. The maximum absolute atomic E-state index is 12.8. The van der Waals surface area contributed by atoms with Crippen molar-refractivity contribution in [3.05, 3.63) is 77.5 Å². The van der Waals surface area contributed by atoms with Crippen LogP contribution in [-0.4, -0.2) is 20.9 Å². The molecule has 2 aromatic heterocycles. The molecule has 0 aliphatic rings. The Balaban J connectivity index is 1.73. The number of para-hydroxylation sites is 1. The minimum absolute atomic E-state index is 0.260. The molecule has 0 bridgehead atoms. The highest BCUT2D eigenvalue weighted by Gasteiger charge is 2.17. The molecule has 0 aliphatic heterocycles. The molecule has 0 unspecified atom stereocenters. The number of nitrogens with one attached hydrogen (secondary N) is 2. The molecule has 0 atom stereocenters. The monoisotopic (exact) mass is 389 g/mol. The molecule has 0 spiro atoms. The van der Waals surface area contributed by atoms with Gasteiger partial charge in [0.1, 0.15) is 11.5 Å². The summed E-state index contributed by atoms with van der Waals surface area (Å²) in [5, 5.41) is 6.22. The summed E-state index contributed by atoms with van der Waals surface area (Å²) >= 11 is 0. The molecule has 150 valence electrons. The van der Waals surface area contributed by atoms with Crippen LogP contribution in [-0.2, 0) is 6.54 Å². The Morgan fingerprint density at radius 1 is 0.897 bits per heavy atom. The zero-order valence-electron chi connectivity index (χ0n) is 17.3. The second kappa shape index (κ2) is 9.28. The summed E-state index contributed by atoms with van der Waals surface area (Å²) in [5.74, 6) is 0.933. The quantitative estimate of drug-likeness (QED) is 0.595. The van der Waals surface area contributed by atoms with Crippen LogP contribution in [0.2, 0.25) is 0 Å². The zero-order valence-corrected chi connectivity index (χ0v) is 17.3. The molecular weight excluding hydrogens is 362 g/mol. The van der Waals surface area contributed by atoms with Gasteiger partial charge < -0.3 is 10.6 Å². The van der Waals surface area contributed by atoms with E-state index in [2.05, 4.69) is 65.4 Å². The molecule has 29 heavy (non-hydrogen) atoms. The van der Waals surface area contributed by atoms with Crippen LogP contribution in [0.25, 0.3) is 0 Å². The number of carbonyl (C=O) groups is 1. The standard InChI is InChI=1S/C23H27N5O/c1-15(2)18-9-7-10-19(16(3)4)22(18)28-23(29)20-13-27-21(14-25-20)26-12-17-8-5-6-11-24-17/h5-11,13-16H,12H2,1-4H3,(H,26,27)(H,28,29). The van der Waals surface area contributed by atoms with Crippen molar-refractivity contribution in [2.75, 3.05) is 10.6 Å². The first-order valence-corrected chi connectivity index (χ1v) is 9.85. The van der Waals surface area contributed by atoms with Gasteiger partial charge in [0, 0.05) is 11.9 Å². The third kappa shape index (κ3) is 5.16. The van der Waals surface area contributed by atoms with Crippen molar-refractivity contribution in [1.29, 1.82) is 0 Å². The molecule has 0 saturated heterocycles. The minimum Gasteiger partial charge on any atom is -0.363 e. The predicted octanol–water partition coefficient (Wildman–Crippen LogP) is 4.98. The third-order valence-corrected chi connectivity index (χ3v) is 4.67. The van der Waals surface area contributed by atoms with E-state index in [1.54, 1.807) is 12.4 Å². The van der Waals surface area contributed by atoms with Gasteiger partial charge in [0.25, 0.3) is 5.91 Å². The zero-order chi connectivity index (χ0) is 20.8. The number of amides is 1. The number of nitrogens with zero attached hydrogens (tertiary/aromatic N) is 3. The number of anilines is 2. The van der Waals surface area contributed by atoms with Crippen molar-refractivity contribution in [1.82, 2.24) is 15.0 Å². The van der Waals surface area contributed by atoms with E-state index in [9.17, 15) is 4.79 Å². The summed E-state index contributed by atoms with van der Waals surface area (Å²) in [6.07, 6.45) is 4.80. The Morgan fingerprint density at radius 2 is 1.62 bits per heavy atom. The average Bonchev–Trinajstić information content (AvgIpc) is 2.73. The van der Waals surface area contributed by atoms with Crippen LogP contribution in [0.4, 0.5) is 11.5 Å². The lowest BCUT2D eigenvalue weighted by Crippen LogP contribution is -2.17. The lowest BCUT2D eigenvalue weighted by atomic mass is 9.92. The first kappa shape index (κ1) is 20.5. The third-order valence-electron chi connectivity index (χ3n) is 4.67. The summed E-state index contributed by atoms with van der Waals surface area (Å²) in [6, 6.07) is 11.9. The molecule has 3 rings (SSSR count). The number of carbonyl (C=O) groups excluding carboxylic acids is 1. The molecule has 0 fully saturated rings. The second-order valence-corrected chi connectivity index (χ2v) is 7.54. The lowest BCUT2D eigenvalue weighted by Gasteiger charge is -2.20. The van der Waals surface area contributed by atoms with Crippen molar-refractivity contribution >= 4 is 17.4 Å². The largest absolute Gasteiger partial charge is 0.363 e. The fourth-order valence-corrected chi connectivity index (χ4v) is 3.09. The molecule has 6 heteroatoms. The van der Waals surface area contributed by atoms with Gasteiger partial charge in [-0.2, -0.15) is 0 Å². The minimum atomic E-state index is -0.260. The Hall–Kier alpha value is -3.28. The van der Waals surface area contributed by atoms with E-state index < -0.39 is 0 Å². The maximum Gasteiger partial charge on any atom is 0.275 e. The van der Waals surface area contributed by atoms with Crippen LogP contribution in [0.3, 0.4) is 0 Å². The van der Waals surface area contributed by atoms with E-state index in [4.69, 9.17) is 0 Å². The second-order valence-electron chi connectivity index (χ2n) is 7.54. The Morgan fingerprint density at radius 3 is 2.17 bits per heavy atom. The maximum atomic E-state index is 12.8. The van der Waals surface area contributed by atoms with Crippen LogP contribution in [0.1, 0.15) is 66.8 Å². The fourth-order valence-electron chi connectivity index (χ4n) is 3.09. The number of hydrogen-bond acceptors (Lipinski definition) is 5. The Kier molecular flexibility index (Phi) is 6.54. The van der Waals surface area contributed by atoms with E-state index in [0.717, 1.165) is 22.5 Å². The van der Waals surface area contributed by atoms with E-state index >= 15 is 0 Å². The molecule has 2 heterocycles. The van der Waals surface area contributed by atoms with Gasteiger partial charge in [-0.3, -0.25) is 9.78 Å². The molecule has 2 N–H and O–H groups in total. The summed E-state index contributed by atoms with van der Waals surface area (Å²) in [4.78, 5) is 25.7. The summed E-state index contributed by atoms with van der Waals surface area (Å²) in [6.45, 7) is 9.03. The van der Waals surface area contributed by atoms with Gasteiger partial charge in [-0.1, -0.05) is 52.0 Å². The predicted molar refractivity (Wildman–Crippen MR) is 116 cm³/mol. The van der Waals surface area contributed by atoms with Crippen molar-refractivity contribution in [2.24, 2.45) is 0 Å². The number of pyridine rings is 1. The SMILES string of the molecule is CC(C)c1cccc(C(C)C)c1NC(=O)c1cnc(NCc2ccccn2)cn1. The van der Waals surface area contributed by atoms with Crippen LogP contribution in [0.15, 0.2) is 55.0 Å². The molecule has 1 aromatic carbocycles. The van der Waals surface area contributed by atoms with Gasteiger partial charge in [0.05, 0.1) is 24.6 Å². The van der Waals surface area contributed by atoms with Gasteiger partial charge >= 0.3 is 0 Å². The van der Waals surface area contributed by atoms with Crippen molar-refractivity contribution in [3.8, 4) is 0 Å². The van der Waals surface area contributed by atoms with Gasteiger partial charge in [0.2, 0.25) is 0 Å². The van der Waals surface area contributed by atoms with Crippen molar-refractivity contribution in [2.45, 2.75) is 46.1 Å².